The van der Waals surface area contributed by atoms with E-state index in [9.17, 15) is 8.42 Å². The molecule has 0 aliphatic carbocycles. The molecule has 0 N–H and O–H groups in total. The van der Waals surface area contributed by atoms with Crippen molar-refractivity contribution in [3.63, 3.8) is 0 Å². The van der Waals surface area contributed by atoms with Gasteiger partial charge < -0.3 is 0 Å². The van der Waals surface area contributed by atoms with Crippen molar-refractivity contribution in [2.24, 2.45) is 0 Å². The van der Waals surface area contributed by atoms with Crippen LogP contribution in [0.3, 0.4) is 0 Å². The van der Waals surface area contributed by atoms with Crippen molar-refractivity contribution in [3.8, 4) is 6.07 Å². The first kappa shape index (κ1) is 15.4. The van der Waals surface area contributed by atoms with Gasteiger partial charge in [0.05, 0.1) is 6.07 Å². The van der Waals surface area contributed by atoms with Crippen LogP contribution in [0.2, 0.25) is 0 Å². The molecule has 0 aromatic heterocycles. The van der Waals surface area contributed by atoms with Crippen LogP contribution < -0.4 is 0 Å². The molecule has 0 radical (unpaired) electrons. The molecule has 0 fully saturated rings. The molecule has 0 aromatic carbocycles. The summed E-state index contributed by atoms with van der Waals surface area (Å²) in [5.74, 6) is 0. The van der Waals surface area contributed by atoms with Gasteiger partial charge in [-0.2, -0.15) is 22.3 Å². The lowest BCUT2D eigenvalue weighted by Crippen LogP contribution is -2.42. The second-order valence-electron chi connectivity index (χ2n) is 3.58. The largest absolute Gasteiger partial charge is 0.281 e. The minimum absolute atomic E-state index is 0.231. The summed E-state index contributed by atoms with van der Waals surface area (Å²) in [5, 5.41) is 8.47. The van der Waals surface area contributed by atoms with Crippen molar-refractivity contribution in [3.05, 3.63) is 0 Å². The topological polar surface area (TPSA) is 64.4 Å². The minimum Gasteiger partial charge on any atom is -0.198 e. The molecular weight excluding hydrogens is 226 g/mol. The normalized spacial score (nSPS) is 12.0. The zero-order valence-electron chi connectivity index (χ0n) is 10.3. The van der Waals surface area contributed by atoms with Crippen LogP contribution in [-0.2, 0) is 10.2 Å². The molecule has 16 heavy (non-hydrogen) atoms. The molecule has 0 heterocycles. The fraction of sp³-hybridized carbons (Fsp3) is 0.900. The Balaban J connectivity index is 4.53. The average molecular weight is 247 g/mol. The van der Waals surface area contributed by atoms with E-state index in [2.05, 4.69) is 0 Å². The summed E-state index contributed by atoms with van der Waals surface area (Å²) in [6, 6.07) is 1.96. The number of hydrogen-bond acceptors (Lipinski definition) is 3. The van der Waals surface area contributed by atoms with Crippen molar-refractivity contribution in [1.29, 1.82) is 5.26 Å². The van der Waals surface area contributed by atoms with Crippen LogP contribution in [-0.4, -0.2) is 43.7 Å². The highest BCUT2D eigenvalue weighted by Gasteiger charge is 2.24. The summed E-state index contributed by atoms with van der Waals surface area (Å²) >= 11 is 0. The van der Waals surface area contributed by atoms with E-state index >= 15 is 0 Å². The molecule has 0 rings (SSSR count). The maximum Gasteiger partial charge on any atom is 0.281 e. The van der Waals surface area contributed by atoms with Crippen molar-refractivity contribution < 1.29 is 8.42 Å². The van der Waals surface area contributed by atoms with Crippen molar-refractivity contribution in [1.82, 2.24) is 8.61 Å². The Morgan fingerprint density at radius 1 is 1.25 bits per heavy atom. The molecule has 0 saturated heterocycles. The minimum atomic E-state index is -3.38. The Hall–Kier alpha value is -0.640. The third-order valence-electron chi connectivity index (χ3n) is 2.37. The fourth-order valence-electron chi connectivity index (χ4n) is 1.30. The quantitative estimate of drug-likeness (QED) is 0.647. The van der Waals surface area contributed by atoms with Crippen LogP contribution in [0.5, 0.6) is 0 Å². The second kappa shape index (κ2) is 7.60. The maximum absolute atomic E-state index is 12.0. The Kier molecular flexibility index (Phi) is 7.30. The number of unbranched alkanes of at least 4 members (excludes halogenated alkanes) is 1. The van der Waals surface area contributed by atoms with Gasteiger partial charge in [0.1, 0.15) is 0 Å². The summed E-state index contributed by atoms with van der Waals surface area (Å²) in [4.78, 5) is 0. The van der Waals surface area contributed by atoms with Crippen LogP contribution in [0.15, 0.2) is 0 Å². The predicted molar refractivity (Wildman–Crippen MR) is 63.9 cm³/mol. The molecule has 0 amide bonds. The Bertz CT molecular complexity index is 321. The van der Waals surface area contributed by atoms with E-state index in [1.807, 2.05) is 13.0 Å². The van der Waals surface area contributed by atoms with Crippen molar-refractivity contribution >= 4 is 10.2 Å². The van der Waals surface area contributed by atoms with E-state index in [0.29, 0.717) is 13.1 Å². The third-order valence-corrected chi connectivity index (χ3v) is 4.44. The van der Waals surface area contributed by atoms with Crippen molar-refractivity contribution in [2.75, 3.05) is 26.7 Å². The Morgan fingerprint density at radius 3 is 2.31 bits per heavy atom. The molecule has 0 bridgehead atoms. The molecule has 0 atom stereocenters. The van der Waals surface area contributed by atoms with Crippen molar-refractivity contribution in [2.45, 2.75) is 33.1 Å². The number of rotatable bonds is 8. The molecule has 5 nitrogen and oxygen atoms in total. The van der Waals surface area contributed by atoms with Crippen LogP contribution in [0.1, 0.15) is 33.1 Å². The zero-order valence-corrected chi connectivity index (χ0v) is 11.1. The van der Waals surface area contributed by atoms with E-state index < -0.39 is 10.2 Å². The lowest BCUT2D eigenvalue weighted by atomic mass is 10.3. The average Bonchev–Trinajstić information content (AvgIpc) is 2.26. The summed E-state index contributed by atoms with van der Waals surface area (Å²) in [6.45, 7) is 5.00. The molecule has 94 valence electrons. The van der Waals surface area contributed by atoms with E-state index in [0.717, 1.165) is 12.8 Å². The van der Waals surface area contributed by atoms with E-state index in [1.165, 1.54) is 8.61 Å². The highest BCUT2D eigenvalue weighted by atomic mass is 32.2. The van der Waals surface area contributed by atoms with Crippen LogP contribution in [0, 0.1) is 11.3 Å². The Morgan fingerprint density at radius 2 is 1.88 bits per heavy atom. The molecule has 0 unspecified atom stereocenters. The Labute approximate surface area is 98.8 Å². The van der Waals surface area contributed by atoms with Crippen LogP contribution in [0.25, 0.3) is 0 Å². The predicted octanol–water partition coefficient (Wildman–Crippen LogP) is 1.20. The summed E-state index contributed by atoms with van der Waals surface area (Å²) in [7, 11) is -1.80. The highest BCUT2D eigenvalue weighted by Crippen LogP contribution is 2.08. The van der Waals surface area contributed by atoms with E-state index in [1.54, 1.807) is 14.0 Å². The molecular formula is C10H21N3O2S. The van der Waals surface area contributed by atoms with Crippen LogP contribution >= 0.6 is 0 Å². The van der Waals surface area contributed by atoms with Gasteiger partial charge in [0.25, 0.3) is 10.2 Å². The molecule has 6 heteroatoms. The van der Waals surface area contributed by atoms with Gasteiger partial charge in [-0.1, -0.05) is 20.3 Å². The van der Waals surface area contributed by atoms with Gasteiger partial charge in [0.15, 0.2) is 0 Å². The molecule has 0 saturated carbocycles. The van der Waals surface area contributed by atoms with E-state index in [4.69, 9.17) is 5.26 Å². The van der Waals surface area contributed by atoms with Gasteiger partial charge in [-0.05, 0) is 6.42 Å². The molecule has 0 aliphatic heterocycles. The first-order chi connectivity index (χ1) is 7.50. The third kappa shape index (κ3) is 4.47. The number of hydrogen-bond donors (Lipinski definition) is 0. The van der Waals surface area contributed by atoms with Crippen LogP contribution in [0.4, 0.5) is 0 Å². The molecule has 0 spiro atoms. The van der Waals surface area contributed by atoms with Gasteiger partial charge in [0, 0.05) is 33.1 Å². The van der Waals surface area contributed by atoms with Gasteiger partial charge in [-0.3, -0.25) is 0 Å². The molecule has 0 aliphatic rings. The fourth-order valence-corrected chi connectivity index (χ4v) is 2.71. The first-order valence-electron chi connectivity index (χ1n) is 5.59. The maximum atomic E-state index is 12.0. The van der Waals surface area contributed by atoms with Gasteiger partial charge in [-0.15, -0.1) is 0 Å². The smallest absolute Gasteiger partial charge is 0.198 e. The van der Waals surface area contributed by atoms with E-state index in [-0.39, 0.29) is 13.0 Å². The number of nitrogens with zero attached hydrogens (tertiary/aromatic N) is 3. The standard InChI is InChI=1S/C10H21N3O2S/c1-4-6-9-12(3)16(14,15)13(5-2)10-7-8-11/h4-7,9-10H2,1-3H3. The SMILES string of the molecule is CCCCN(C)S(=O)(=O)N(CC)CCC#N. The highest BCUT2D eigenvalue weighted by molar-refractivity contribution is 7.86. The summed E-state index contributed by atoms with van der Waals surface area (Å²) in [6.07, 6.45) is 2.05. The summed E-state index contributed by atoms with van der Waals surface area (Å²) in [5.41, 5.74) is 0. The summed E-state index contributed by atoms with van der Waals surface area (Å²) < 4.78 is 26.7. The number of nitriles is 1. The lowest BCUT2D eigenvalue weighted by Gasteiger charge is -2.25. The second-order valence-corrected chi connectivity index (χ2v) is 5.62. The van der Waals surface area contributed by atoms with Gasteiger partial charge >= 0.3 is 0 Å². The first-order valence-corrected chi connectivity index (χ1v) is 6.98. The van der Waals surface area contributed by atoms with Gasteiger partial charge in [0.2, 0.25) is 0 Å². The molecule has 0 aromatic rings. The van der Waals surface area contributed by atoms with Gasteiger partial charge in [-0.25, -0.2) is 0 Å². The lowest BCUT2D eigenvalue weighted by molar-refractivity contribution is 0.369. The zero-order chi connectivity index (χ0) is 12.6. The monoisotopic (exact) mass is 247 g/mol.